The van der Waals surface area contributed by atoms with Crippen LogP contribution in [0.25, 0.3) is 0 Å². The third-order valence-electron chi connectivity index (χ3n) is 3.89. The molecule has 0 fully saturated rings. The molecule has 1 aromatic rings. The average molecular weight is 290 g/mol. The lowest BCUT2D eigenvalue weighted by Gasteiger charge is -2.26. The normalized spacial score (nSPS) is 13.2. The SMILES string of the molecule is CC(C)CC(CN)CC(=O)NCC(C)(C)c1ccccc1. The fourth-order valence-electron chi connectivity index (χ4n) is 2.57. The van der Waals surface area contributed by atoms with E-state index in [0.29, 0.717) is 25.4 Å². The molecule has 118 valence electrons. The maximum Gasteiger partial charge on any atom is 0.220 e. The summed E-state index contributed by atoms with van der Waals surface area (Å²) >= 11 is 0. The van der Waals surface area contributed by atoms with Crippen molar-refractivity contribution in [3.63, 3.8) is 0 Å². The van der Waals surface area contributed by atoms with E-state index in [1.165, 1.54) is 5.56 Å². The minimum Gasteiger partial charge on any atom is -0.355 e. The average Bonchev–Trinajstić information content (AvgIpc) is 2.45. The van der Waals surface area contributed by atoms with E-state index in [4.69, 9.17) is 5.73 Å². The molecule has 0 aliphatic heterocycles. The van der Waals surface area contributed by atoms with Crippen molar-refractivity contribution in [1.29, 1.82) is 0 Å². The Balaban J connectivity index is 2.48. The number of nitrogens with one attached hydrogen (secondary N) is 1. The number of benzene rings is 1. The predicted molar refractivity (Wildman–Crippen MR) is 89.1 cm³/mol. The minimum absolute atomic E-state index is 0.0623. The Morgan fingerprint density at radius 3 is 2.38 bits per heavy atom. The Labute approximate surface area is 129 Å². The highest BCUT2D eigenvalue weighted by Gasteiger charge is 2.22. The van der Waals surface area contributed by atoms with Crippen LogP contribution in [-0.4, -0.2) is 19.0 Å². The van der Waals surface area contributed by atoms with Gasteiger partial charge in [-0.05, 0) is 30.4 Å². The van der Waals surface area contributed by atoms with Crippen LogP contribution in [0.1, 0.15) is 46.1 Å². The van der Waals surface area contributed by atoms with Crippen LogP contribution in [0.15, 0.2) is 30.3 Å². The van der Waals surface area contributed by atoms with Crippen LogP contribution in [0.5, 0.6) is 0 Å². The molecule has 1 rings (SSSR count). The van der Waals surface area contributed by atoms with Gasteiger partial charge in [0.05, 0.1) is 0 Å². The van der Waals surface area contributed by atoms with Crippen LogP contribution in [0.4, 0.5) is 0 Å². The van der Waals surface area contributed by atoms with Crippen molar-refractivity contribution in [3.05, 3.63) is 35.9 Å². The van der Waals surface area contributed by atoms with Crippen molar-refractivity contribution in [2.75, 3.05) is 13.1 Å². The summed E-state index contributed by atoms with van der Waals surface area (Å²) in [4.78, 5) is 12.1. The van der Waals surface area contributed by atoms with Gasteiger partial charge in [-0.1, -0.05) is 58.0 Å². The number of amides is 1. The summed E-state index contributed by atoms with van der Waals surface area (Å²) < 4.78 is 0. The summed E-state index contributed by atoms with van der Waals surface area (Å²) in [7, 11) is 0. The second-order valence-electron chi connectivity index (χ2n) is 6.96. The summed E-state index contributed by atoms with van der Waals surface area (Å²) in [5.41, 5.74) is 6.94. The number of hydrogen-bond acceptors (Lipinski definition) is 2. The maximum absolute atomic E-state index is 12.1. The summed E-state index contributed by atoms with van der Waals surface area (Å²) in [6, 6.07) is 10.3. The number of nitrogens with two attached hydrogens (primary N) is 1. The van der Waals surface area contributed by atoms with E-state index in [0.717, 1.165) is 6.42 Å². The Morgan fingerprint density at radius 2 is 1.86 bits per heavy atom. The van der Waals surface area contributed by atoms with Crippen LogP contribution in [0.2, 0.25) is 0 Å². The van der Waals surface area contributed by atoms with Gasteiger partial charge in [0.15, 0.2) is 0 Å². The van der Waals surface area contributed by atoms with E-state index in [1.54, 1.807) is 0 Å². The minimum atomic E-state index is -0.0623. The van der Waals surface area contributed by atoms with Crippen LogP contribution in [0, 0.1) is 11.8 Å². The van der Waals surface area contributed by atoms with Crippen LogP contribution >= 0.6 is 0 Å². The molecule has 0 aliphatic rings. The van der Waals surface area contributed by atoms with Crippen molar-refractivity contribution in [2.24, 2.45) is 17.6 Å². The Kier molecular flexibility index (Phi) is 6.90. The Hall–Kier alpha value is -1.35. The highest BCUT2D eigenvalue weighted by molar-refractivity contribution is 5.76. The summed E-state index contributed by atoms with van der Waals surface area (Å²) in [6.07, 6.45) is 1.53. The summed E-state index contributed by atoms with van der Waals surface area (Å²) in [5.74, 6) is 0.965. The molecule has 0 aliphatic carbocycles. The van der Waals surface area contributed by atoms with Crippen LogP contribution < -0.4 is 11.1 Å². The number of carbonyl (C=O) groups excluding carboxylic acids is 1. The van der Waals surface area contributed by atoms with Crippen molar-refractivity contribution >= 4 is 5.91 Å². The lowest BCUT2D eigenvalue weighted by molar-refractivity contribution is -0.122. The third kappa shape index (κ3) is 6.30. The van der Waals surface area contributed by atoms with Gasteiger partial charge in [-0.15, -0.1) is 0 Å². The van der Waals surface area contributed by atoms with Crippen molar-refractivity contribution in [3.8, 4) is 0 Å². The molecular formula is C18H30N2O. The Bertz CT molecular complexity index is 426. The number of rotatable bonds is 8. The number of carbonyl (C=O) groups is 1. The first-order valence-electron chi connectivity index (χ1n) is 7.87. The summed E-state index contributed by atoms with van der Waals surface area (Å²) in [6.45, 7) is 9.86. The van der Waals surface area contributed by atoms with Crippen LogP contribution in [0.3, 0.4) is 0 Å². The van der Waals surface area contributed by atoms with Gasteiger partial charge in [0, 0.05) is 18.4 Å². The molecule has 3 N–H and O–H groups in total. The topological polar surface area (TPSA) is 55.1 Å². The first kappa shape index (κ1) is 17.7. The van der Waals surface area contributed by atoms with Gasteiger partial charge in [-0.25, -0.2) is 0 Å². The van der Waals surface area contributed by atoms with E-state index < -0.39 is 0 Å². The van der Waals surface area contributed by atoms with Crippen molar-refractivity contribution in [1.82, 2.24) is 5.32 Å². The first-order valence-corrected chi connectivity index (χ1v) is 7.87. The lowest BCUT2D eigenvalue weighted by atomic mass is 9.84. The van der Waals surface area contributed by atoms with Crippen molar-refractivity contribution in [2.45, 2.75) is 46.0 Å². The molecule has 0 radical (unpaired) electrons. The van der Waals surface area contributed by atoms with E-state index in [2.05, 4.69) is 45.1 Å². The van der Waals surface area contributed by atoms with E-state index >= 15 is 0 Å². The zero-order valence-corrected chi connectivity index (χ0v) is 13.9. The zero-order valence-electron chi connectivity index (χ0n) is 13.9. The quantitative estimate of drug-likeness (QED) is 0.773. The molecule has 0 spiro atoms. The van der Waals surface area contributed by atoms with Gasteiger partial charge < -0.3 is 11.1 Å². The molecular weight excluding hydrogens is 260 g/mol. The van der Waals surface area contributed by atoms with Gasteiger partial charge in [0.1, 0.15) is 0 Å². The largest absolute Gasteiger partial charge is 0.355 e. The molecule has 0 saturated carbocycles. The molecule has 3 nitrogen and oxygen atoms in total. The standard InChI is InChI=1S/C18H30N2O/c1-14(2)10-15(12-19)11-17(21)20-13-18(3,4)16-8-6-5-7-9-16/h5-9,14-15H,10-13,19H2,1-4H3,(H,20,21). The summed E-state index contributed by atoms with van der Waals surface area (Å²) in [5, 5.41) is 3.06. The molecule has 0 saturated heterocycles. The van der Waals surface area contributed by atoms with E-state index in [9.17, 15) is 4.79 Å². The maximum atomic E-state index is 12.1. The van der Waals surface area contributed by atoms with Crippen molar-refractivity contribution < 1.29 is 4.79 Å². The molecule has 1 atom stereocenters. The molecule has 0 aromatic heterocycles. The zero-order chi connectivity index (χ0) is 15.9. The second kappa shape index (κ2) is 8.18. The highest BCUT2D eigenvalue weighted by Crippen LogP contribution is 2.22. The van der Waals surface area contributed by atoms with Gasteiger partial charge >= 0.3 is 0 Å². The van der Waals surface area contributed by atoms with Gasteiger partial charge in [-0.3, -0.25) is 4.79 Å². The first-order chi connectivity index (χ1) is 9.85. The van der Waals surface area contributed by atoms with Crippen LogP contribution in [-0.2, 0) is 10.2 Å². The van der Waals surface area contributed by atoms with Gasteiger partial charge in [-0.2, -0.15) is 0 Å². The predicted octanol–water partition coefficient (Wildman–Crippen LogP) is 3.09. The monoisotopic (exact) mass is 290 g/mol. The smallest absolute Gasteiger partial charge is 0.220 e. The lowest BCUT2D eigenvalue weighted by Crippen LogP contribution is -2.38. The van der Waals surface area contributed by atoms with Gasteiger partial charge in [0.25, 0.3) is 0 Å². The molecule has 21 heavy (non-hydrogen) atoms. The highest BCUT2D eigenvalue weighted by atomic mass is 16.1. The van der Waals surface area contributed by atoms with E-state index in [-0.39, 0.29) is 17.2 Å². The van der Waals surface area contributed by atoms with E-state index in [1.807, 2.05) is 18.2 Å². The molecule has 0 bridgehead atoms. The molecule has 3 heteroatoms. The molecule has 1 amide bonds. The Morgan fingerprint density at radius 1 is 1.24 bits per heavy atom. The second-order valence-corrected chi connectivity index (χ2v) is 6.96. The molecule has 0 heterocycles. The van der Waals surface area contributed by atoms with Gasteiger partial charge in [0.2, 0.25) is 5.91 Å². The fourth-order valence-corrected chi connectivity index (χ4v) is 2.57. The molecule has 1 aromatic carbocycles. The fraction of sp³-hybridized carbons (Fsp3) is 0.611. The number of hydrogen-bond donors (Lipinski definition) is 2. The molecule has 1 unspecified atom stereocenters. The third-order valence-corrected chi connectivity index (χ3v) is 3.89.